The summed E-state index contributed by atoms with van der Waals surface area (Å²) in [6.45, 7) is 3.45. The van der Waals surface area contributed by atoms with Gasteiger partial charge < -0.3 is 20.5 Å². The molecule has 5 heteroatoms. The fourth-order valence-electron chi connectivity index (χ4n) is 2.91. The average Bonchev–Trinajstić information content (AvgIpc) is 2.55. The fraction of sp³-hybridized carbons (Fsp3) is 0.333. The third-order valence-corrected chi connectivity index (χ3v) is 4.47. The number of benzene rings is 2. The van der Waals surface area contributed by atoms with Gasteiger partial charge in [-0.05, 0) is 41.8 Å². The van der Waals surface area contributed by atoms with Gasteiger partial charge in [0.05, 0.1) is 12.1 Å². The van der Waals surface area contributed by atoms with Crippen LogP contribution >= 0.6 is 11.6 Å². The lowest BCUT2D eigenvalue weighted by Crippen LogP contribution is -2.53. The smallest absolute Gasteiger partial charge is 0.137 e. The molecule has 0 aliphatic carbocycles. The lowest BCUT2D eigenvalue weighted by molar-refractivity contribution is -0.107. The van der Waals surface area contributed by atoms with Crippen molar-refractivity contribution in [2.45, 2.75) is 18.8 Å². The van der Waals surface area contributed by atoms with Gasteiger partial charge in [0, 0.05) is 13.1 Å². The quantitative estimate of drug-likeness (QED) is 0.906. The Balaban J connectivity index is 1.95. The van der Waals surface area contributed by atoms with Crippen molar-refractivity contribution in [3.05, 3.63) is 53.1 Å². The van der Waals surface area contributed by atoms with Crippen molar-refractivity contribution < 1.29 is 9.47 Å². The van der Waals surface area contributed by atoms with Gasteiger partial charge in [0.25, 0.3) is 0 Å². The Morgan fingerprint density at radius 2 is 2.04 bits per heavy atom. The van der Waals surface area contributed by atoms with E-state index < -0.39 is 5.60 Å². The highest BCUT2D eigenvalue weighted by molar-refractivity contribution is 6.32. The summed E-state index contributed by atoms with van der Waals surface area (Å²) in [4.78, 5) is 0. The summed E-state index contributed by atoms with van der Waals surface area (Å²) in [5, 5.41) is 3.92. The second-order valence-electron chi connectivity index (χ2n) is 5.95. The zero-order valence-electron chi connectivity index (χ0n) is 13.3. The first-order valence-corrected chi connectivity index (χ1v) is 7.98. The second kappa shape index (κ2) is 6.49. The van der Waals surface area contributed by atoms with Crippen LogP contribution in [0.25, 0.3) is 11.1 Å². The molecular formula is C18H21ClN2O2. The maximum atomic E-state index is 6.24. The van der Waals surface area contributed by atoms with Gasteiger partial charge in [0.15, 0.2) is 0 Å². The van der Waals surface area contributed by atoms with Crippen molar-refractivity contribution in [2.75, 3.05) is 20.2 Å². The number of morpholine rings is 1. The van der Waals surface area contributed by atoms with Crippen LogP contribution in [0.15, 0.2) is 42.5 Å². The largest absolute Gasteiger partial charge is 0.495 e. The molecule has 2 aromatic carbocycles. The first-order chi connectivity index (χ1) is 11.0. The molecule has 2 atom stereocenters. The molecule has 23 heavy (non-hydrogen) atoms. The highest BCUT2D eigenvalue weighted by Gasteiger charge is 2.33. The summed E-state index contributed by atoms with van der Waals surface area (Å²) >= 11 is 6.24. The third kappa shape index (κ3) is 3.35. The standard InChI is InChI=1S/C18H21ClN2O2/c1-18(11-21-10-17(20)23-18)14-5-3-4-12(8-14)13-6-7-16(22-2)15(19)9-13/h3-9,17,21H,10-11,20H2,1-2H3. The molecule has 0 bridgehead atoms. The molecule has 2 unspecified atom stereocenters. The molecule has 122 valence electrons. The summed E-state index contributed by atoms with van der Waals surface area (Å²) in [7, 11) is 1.61. The van der Waals surface area contributed by atoms with Crippen LogP contribution in [0.4, 0.5) is 0 Å². The Morgan fingerprint density at radius 3 is 2.74 bits per heavy atom. The SMILES string of the molecule is COc1ccc(-c2cccc(C3(C)CNCC(N)O3)c2)cc1Cl. The Labute approximate surface area is 141 Å². The molecule has 0 radical (unpaired) electrons. The van der Waals surface area contributed by atoms with E-state index in [1.807, 2.05) is 24.3 Å². The molecule has 3 N–H and O–H groups in total. The zero-order valence-corrected chi connectivity index (χ0v) is 14.1. The number of hydrogen-bond donors (Lipinski definition) is 2. The van der Waals surface area contributed by atoms with E-state index >= 15 is 0 Å². The van der Waals surface area contributed by atoms with Crippen LogP contribution in [0, 0.1) is 0 Å². The normalized spacial score (nSPS) is 24.4. The minimum atomic E-state index is -0.441. The van der Waals surface area contributed by atoms with E-state index in [1.54, 1.807) is 7.11 Å². The Kier molecular flexibility index (Phi) is 4.60. The molecule has 1 fully saturated rings. The lowest BCUT2D eigenvalue weighted by Gasteiger charge is -2.38. The third-order valence-electron chi connectivity index (χ3n) is 4.18. The average molecular weight is 333 g/mol. The van der Waals surface area contributed by atoms with Crippen molar-refractivity contribution in [3.8, 4) is 16.9 Å². The molecule has 1 saturated heterocycles. The number of nitrogens with one attached hydrogen (secondary N) is 1. The highest BCUT2D eigenvalue weighted by Crippen LogP contribution is 2.33. The Morgan fingerprint density at radius 1 is 1.26 bits per heavy atom. The molecule has 1 aliphatic rings. The molecule has 4 nitrogen and oxygen atoms in total. The van der Waals surface area contributed by atoms with Gasteiger partial charge in [-0.15, -0.1) is 0 Å². The molecule has 0 aromatic heterocycles. The number of methoxy groups -OCH3 is 1. The summed E-state index contributed by atoms with van der Waals surface area (Å²) in [5.74, 6) is 0.671. The van der Waals surface area contributed by atoms with Gasteiger partial charge in [0.1, 0.15) is 17.6 Å². The van der Waals surface area contributed by atoms with Gasteiger partial charge >= 0.3 is 0 Å². The van der Waals surface area contributed by atoms with Crippen LogP contribution in [0.3, 0.4) is 0 Å². The van der Waals surface area contributed by atoms with Gasteiger partial charge in [-0.2, -0.15) is 0 Å². The number of rotatable bonds is 3. The minimum absolute atomic E-state index is 0.298. The van der Waals surface area contributed by atoms with E-state index in [1.165, 1.54) is 0 Å². The summed E-state index contributed by atoms with van der Waals surface area (Å²) < 4.78 is 11.2. The zero-order chi connectivity index (χ0) is 16.4. The van der Waals surface area contributed by atoms with Gasteiger partial charge in [-0.3, -0.25) is 0 Å². The van der Waals surface area contributed by atoms with Gasteiger partial charge in [-0.25, -0.2) is 0 Å². The number of nitrogens with two attached hydrogens (primary N) is 1. The van der Waals surface area contributed by atoms with Crippen LogP contribution in [-0.2, 0) is 10.3 Å². The number of halogens is 1. The van der Waals surface area contributed by atoms with E-state index in [0.29, 0.717) is 17.3 Å². The summed E-state index contributed by atoms with van der Waals surface area (Å²) in [6, 6.07) is 14.1. The first kappa shape index (κ1) is 16.3. The molecule has 0 spiro atoms. The predicted molar refractivity (Wildman–Crippen MR) is 92.7 cm³/mol. The van der Waals surface area contributed by atoms with E-state index in [0.717, 1.165) is 23.2 Å². The van der Waals surface area contributed by atoms with Crippen LogP contribution < -0.4 is 15.8 Å². The van der Waals surface area contributed by atoms with Crippen LogP contribution in [-0.4, -0.2) is 26.4 Å². The molecular weight excluding hydrogens is 312 g/mol. The minimum Gasteiger partial charge on any atom is -0.495 e. The van der Waals surface area contributed by atoms with Crippen molar-refractivity contribution in [1.82, 2.24) is 5.32 Å². The fourth-order valence-corrected chi connectivity index (χ4v) is 3.17. The highest BCUT2D eigenvalue weighted by atomic mass is 35.5. The maximum Gasteiger partial charge on any atom is 0.137 e. The second-order valence-corrected chi connectivity index (χ2v) is 6.36. The Bertz CT molecular complexity index is 707. The van der Waals surface area contributed by atoms with Crippen LogP contribution in [0.5, 0.6) is 5.75 Å². The molecule has 1 aliphatic heterocycles. The molecule has 0 saturated carbocycles. The van der Waals surface area contributed by atoms with E-state index in [4.69, 9.17) is 26.8 Å². The topological polar surface area (TPSA) is 56.5 Å². The number of ether oxygens (including phenoxy) is 2. The summed E-state index contributed by atoms with van der Waals surface area (Å²) in [5.41, 5.74) is 8.70. The molecule has 1 heterocycles. The van der Waals surface area contributed by atoms with E-state index in [2.05, 4.69) is 30.4 Å². The lowest BCUT2D eigenvalue weighted by atomic mass is 9.91. The van der Waals surface area contributed by atoms with Crippen molar-refractivity contribution in [3.63, 3.8) is 0 Å². The summed E-state index contributed by atoms with van der Waals surface area (Å²) in [6.07, 6.45) is -0.298. The molecule has 3 rings (SSSR count). The van der Waals surface area contributed by atoms with Gasteiger partial charge in [-0.1, -0.05) is 35.9 Å². The maximum absolute atomic E-state index is 6.24. The molecule has 2 aromatic rings. The van der Waals surface area contributed by atoms with Crippen LogP contribution in [0.2, 0.25) is 5.02 Å². The van der Waals surface area contributed by atoms with Gasteiger partial charge in [0.2, 0.25) is 0 Å². The number of hydrogen-bond acceptors (Lipinski definition) is 4. The predicted octanol–water partition coefficient (Wildman–Crippen LogP) is 3.14. The molecule has 0 amide bonds. The Hall–Kier alpha value is -1.59. The van der Waals surface area contributed by atoms with Crippen molar-refractivity contribution in [1.29, 1.82) is 0 Å². The van der Waals surface area contributed by atoms with Crippen molar-refractivity contribution >= 4 is 11.6 Å². The monoisotopic (exact) mass is 332 g/mol. The van der Waals surface area contributed by atoms with E-state index in [-0.39, 0.29) is 6.23 Å². The van der Waals surface area contributed by atoms with Crippen molar-refractivity contribution in [2.24, 2.45) is 5.73 Å². The van der Waals surface area contributed by atoms with E-state index in [9.17, 15) is 0 Å². The first-order valence-electron chi connectivity index (χ1n) is 7.60. The van der Waals surface area contributed by atoms with Crippen LogP contribution in [0.1, 0.15) is 12.5 Å².